The summed E-state index contributed by atoms with van der Waals surface area (Å²) in [5.41, 5.74) is 1.85. The van der Waals surface area contributed by atoms with Gasteiger partial charge in [0.2, 0.25) is 5.91 Å². The van der Waals surface area contributed by atoms with Crippen LogP contribution in [0.1, 0.15) is 17.2 Å². The van der Waals surface area contributed by atoms with Gasteiger partial charge >= 0.3 is 0 Å². The van der Waals surface area contributed by atoms with Crippen LogP contribution in [0, 0.1) is 0 Å². The molecule has 0 fully saturated rings. The summed E-state index contributed by atoms with van der Waals surface area (Å²) in [5.74, 6) is -0.0632. The smallest absolute Gasteiger partial charge is 0.224 e. The number of benzene rings is 2. The molecule has 0 aliphatic heterocycles. The molecule has 2 N–H and O–H groups in total. The highest BCUT2D eigenvalue weighted by atomic mass is 35.5. The molecule has 2 aromatic rings. The number of nitrogens with one attached hydrogen (secondary N) is 2. The van der Waals surface area contributed by atoms with E-state index in [1.807, 2.05) is 38.4 Å². The first-order chi connectivity index (χ1) is 11.4. The van der Waals surface area contributed by atoms with Crippen LogP contribution in [0.2, 0.25) is 15.1 Å². The molecule has 6 heteroatoms. The molecule has 3 nitrogen and oxygen atoms in total. The predicted octanol–water partition coefficient (Wildman–Crippen LogP) is 3.19. The van der Waals surface area contributed by atoms with Crippen LogP contribution < -0.4 is 10.2 Å². The maximum absolute atomic E-state index is 12.2. The highest BCUT2D eigenvalue weighted by Gasteiger charge is 2.21. The standard InChI is InChI=1S/C18H19Cl3N2O/c1-23(2)17(13-5-3-4-6-14(13)19)11-22-18(24)10-12-7-8-15(20)16(21)9-12/h3-9,17H,10-11H2,1-2H3,(H,22,24)/p+1/t17-/m1/s1. The van der Waals surface area contributed by atoms with Crippen molar-refractivity contribution in [3.05, 3.63) is 68.7 Å². The molecule has 0 aromatic heterocycles. The molecule has 1 atom stereocenters. The summed E-state index contributed by atoms with van der Waals surface area (Å²) < 4.78 is 0. The highest BCUT2D eigenvalue weighted by Crippen LogP contribution is 2.23. The third-order valence-electron chi connectivity index (χ3n) is 3.83. The Kier molecular flexibility index (Phi) is 6.93. The second-order valence-electron chi connectivity index (χ2n) is 5.88. The molecule has 128 valence electrons. The monoisotopic (exact) mass is 385 g/mol. The fourth-order valence-electron chi connectivity index (χ4n) is 2.50. The van der Waals surface area contributed by atoms with Crippen LogP contribution in [0.15, 0.2) is 42.5 Å². The fourth-order valence-corrected chi connectivity index (χ4v) is 3.08. The highest BCUT2D eigenvalue weighted by molar-refractivity contribution is 6.42. The molecule has 24 heavy (non-hydrogen) atoms. The van der Waals surface area contributed by atoms with E-state index in [1.54, 1.807) is 18.2 Å². The van der Waals surface area contributed by atoms with Gasteiger partial charge in [-0.3, -0.25) is 4.79 Å². The topological polar surface area (TPSA) is 33.5 Å². The van der Waals surface area contributed by atoms with E-state index in [2.05, 4.69) is 5.32 Å². The van der Waals surface area contributed by atoms with Crippen molar-refractivity contribution in [2.75, 3.05) is 20.6 Å². The van der Waals surface area contributed by atoms with Crippen LogP contribution in [-0.4, -0.2) is 26.5 Å². The van der Waals surface area contributed by atoms with Crippen molar-refractivity contribution in [3.63, 3.8) is 0 Å². The number of carbonyl (C=O) groups excluding carboxylic acids is 1. The van der Waals surface area contributed by atoms with Gasteiger partial charge < -0.3 is 10.2 Å². The number of halogens is 3. The summed E-state index contributed by atoms with van der Waals surface area (Å²) in [4.78, 5) is 13.4. The van der Waals surface area contributed by atoms with Crippen LogP contribution in [0.5, 0.6) is 0 Å². The molecule has 0 heterocycles. The lowest BCUT2D eigenvalue weighted by molar-refractivity contribution is -0.890. The van der Waals surface area contributed by atoms with E-state index in [1.165, 1.54) is 4.90 Å². The van der Waals surface area contributed by atoms with E-state index in [9.17, 15) is 4.79 Å². The molecule has 0 saturated heterocycles. The second-order valence-corrected chi connectivity index (χ2v) is 7.10. The molecule has 0 unspecified atom stereocenters. The third-order valence-corrected chi connectivity index (χ3v) is 4.91. The van der Waals surface area contributed by atoms with Crippen molar-refractivity contribution in [1.29, 1.82) is 0 Å². The molecule has 0 aliphatic rings. The van der Waals surface area contributed by atoms with Crippen molar-refractivity contribution in [2.45, 2.75) is 12.5 Å². The Morgan fingerprint density at radius 3 is 2.38 bits per heavy atom. The zero-order valence-corrected chi connectivity index (χ0v) is 15.8. The Bertz CT molecular complexity index is 719. The summed E-state index contributed by atoms with van der Waals surface area (Å²) in [6.07, 6.45) is 0.259. The Balaban J connectivity index is 2.00. The lowest BCUT2D eigenvalue weighted by Crippen LogP contribution is -3.07. The number of amides is 1. The van der Waals surface area contributed by atoms with Crippen molar-refractivity contribution in [2.24, 2.45) is 0 Å². The third kappa shape index (κ3) is 5.12. The quantitative estimate of drug-likeness (QED) is 0.785. The average molecular weight is 387 g/mol. The molecule has 1 amide bonds. The minimum absolute atomic E-state index is 0.0632. The van der Waals surface area contributed by atoms with Gasteiger partial charge in [-0.1, -0.05) is 59.1 Å². The van der Waals surface area contributed by atoms with Gasteiger partial charge in [0.1, 0.15) is 6.04 Å². The molecule has 2 aromatic carbocycles. The lowest BCUT2D eigenvalue weighted by atomic mass is 10.1. The normalized spacial score (nSPS) is 12.2. The summed E-state index contributed by atoms with van der Waals surface area (Å²) >= 11 is 18.2. The van der Waals surface area contributed by atoms with Crippen LogP contribution in [0.3, 0.4) is 0 Å². The Morgan fingerprint density at radius 2 is 1.75 bits per heavy atom. The molecule has 2 rings (SSSR count). The van der Waals surface area contributed by atoms with Gasteiger partial charge in [0.05, 0.1) is 37.1 Å². The zero-order valence-electron chi connectivity index (χ0n) is 13.6. The Labute approximate surface area is 157 Å². The molecular weight excluding hydrogens is 367 g/mol. The number of likely N-dealkylation sites (N-methyl/N-ethyl adjacent to an activating group) is 1. The van der Waals surface area contributed by atoms with Crippen molar-refractivity contribution in [1.82, 2.24) is 5.32 Å². The second kappa shape index (κ2) is 8.72. The lowest BCUT2D eigenvalue weighted by Gasteiger charge is -2.23. The number of hydrogen-bond donors (Lipinski definition) is 2. The summed E-state index contributed by atoms with van der Waals surface area (Å²) in [6, 6.07) is 13.0. The molecule has 0 aliphatic carbocycles. The van der Waals surface area contributed by atoms with E-state index >= 15 is 0 Å². The van der Waals surface area contributed by atoms with E-state index in [-0.39, 0.29) is 18.4 Å². The van der Waals surface area contributed by atoms with Crippen LogP contribution in [-0.2, 0) is 11.2 Å². The van der Waals surface area contributed by atoms with Gasteiger partial charge in [-0.2, -0.15) is 0 Å². The molecule has 0 saturated carbocycles. The largest absolute Gasteiger partial charge is 0.349 e. The Morgan fingerprint density at radius 1 is 1.04 bits per heavy atom. The minimum Gasteiger partial charge on any atom is -0.349 e. The first-order valence-electron chi connectivity index (χ1n) is 7.63. The van der Waals surface area contributed by atoms with Gasteiger partial charge in [0.15, 0.2) is 0 Å². The van der Waals surface area contributed by atoms with Crippen molar-refractivity contribution in [3.8, 4) is 0 Å². The fraction of sp³-hybridized carbons (Fsp3) is 0.278. The van der Waals surface area contributed by atoms with Crippen molar-refractivity contribution < 1.29 is 9.69 Å². The van der Waals surface area contributed by atoms with Crippen LogP contribution in [0.25, 0.3) is 0 Å². The predicted molar refractivity (Wildman–Crippen MR) is 100 cm³/mol. The number of hydrogen-bond acceptors (Lipinski definition) is 1. The van der Waals surface area contributed by atoms with Crippen LogP contribution >= 0.6 is 34.8 Å². The van der Waals surface area contributed by atoms with Gasteiger partial charge in [0, 0.05) is 10.6 Å². The van der Waals surface area contributed by atoms with Gasteiger partial charge in [-0.15, -0.1) is 0 Å². The maximum atomic E-state index is 12.2. The Hall–Kier alpha value is -1.26. The molecule has 0 bridgehead atoms. The van der Waals surface area contributed by atoms with Gasteiger partial charge in [0.25, 0.3) is 0 Å². The number of carbonyl (C=O) groups is 1. The molecular formula is C18H20Cl3N2O+. The number of rotatable bonds is 6. The van der Waals surface area contributed by atoms with E-state index in [0.717, 1.165) is 11.1 Å². The van der Waals surface area contributed by atoms with E-state index in [4.69, 9.17) is 34.8 Å². The van der Waals surface area contributed by atoms with Crippen molar-refractivity contribution >= 4 is 40.7 Å². The summed E-state index contributed by atoms with van der Waals surface area (Å²) in [6.45, 7) is 0.506. The average Bonchev–Trinajstić information content (AvgIpc) is 2.52. The summed E-state index contributed by atoms with van der Waals surface area (Å²) in [5, 5.41) is 4.62. The first-order valence-corrected chi connectivity index (χ1v) is 8.77. The number of quaternary nitrogens is 1. The molecule has 0 spiro atoms. The maximum Gasteiger partial charge on any atom is 0.224 e. The first kappa shape index (κ1) is 19.1. The summed E-state index contributed by atoms with van der Waals surface area (Å²) in [7, 11) is 4.08. The minimum atomic E-state index is -0.0632. The van der Waals surface area contributed by atoms with Crippen LogP contribution in [0.4, 0.5) is 0 Å². The van der Waals surface area contributed by atoms with E-state index in [0.29, 0.717) is 21.6 Å². The SMILES string of the molecule is C[NH+](C)[C@H](CNC(=O)Cc1ccc(Cl)c(Cl)c1)c1ccccc1Cl. The van der Waals surface area contributed by atoms with Gasteiger partial charge in [-0.05, 0) is 23.8 Å². The van der Waals surface area contributed by atoms with Gasteiger partial charge in [-0.25, -0.2) is 0 Å². The zero-order chi connectivity index (χ0) is 17.7. The molecule has 0 radical (unpaired) electrons. The van der Waals surface area contributed by atoms with E-state index < -0.39 is 0 Å².